The molecule has 0 amide bonds. The highest BCUT2D eigenvalue weighted by atomic mass is 32.2. The van der Waals surface area contributed by atoms with Gasteiger partial charge in [0.25, 0.3) is 0 Å². The van der Waals surface area contributed by atoms with Gasteiger partial charge in [0.05, 0.1) is 11.8 Å². The molecule has 0 aromatic heterocycles. The Bertz CT molecular complexity index is 348. The molecule has 5 nitrogen and oxygen atoms in total. The van der Waals surface area contributed by atoms with Gasteiger partial charge >= 0.3 is 0 Å². The number of hydrogen-bond acceptors (Lipinski definition) is 3. The van der Waals surface area contributed by atoms with Crippen molar-refractivity contribution in [1.82, 2.24) is 4.72 Å². The van der Waals surface area contributed by atoms with Crippen LogP contribution >= 0.6 is 0 Å². The molecular weight excluding hydrogens is 238 g/mol. The smallest absolute Gasteiger partial charge is 0.212 e. The zero-order valence-electron chi connectivity index (χ0n) is 10.4. The van der Waals surface area contributed by atoms with E-state index < -0.39 is 16.1 Å². The van der Waals surface area contributed by atoms with E-state index in [1.165, 1.54) is 6.42 Å². The Morgan fingerprint density at radius 2 is 2.00 bits per heavy atom. The molecule has 0 radical (unpaired) electrons. The van der Waals surface area contributed by atoms with Crippen LogP contribution in [0.1, 0.15) is 45.4 Å². The van der Waals surface area contributed by atoms with E-state index in [0.29, 0.717) is 6.42 Å². The van der Waals surface area contributed by atoms with Gasteiger partial charge < -0.3 is 5.73 Å². The lowest BCUT2D eigenvalue weighted by molar-refractivity contribution is 0.328. The van der Waals surface area contributed by atoms with Gasteiger partial charge in [-0.15, -0.1) is 0 Å². The Morgan fingerprint density at radius 3 is 2.47 bits per heavy atom. The summed E-state index contributed by atoms with van der Waals surface area (Å²) in [5.74, 6) is 0.230. The third kappa shape index (κ3) is 4.63. The van der Waals surface area contributed by atoms with E-state index in [1.807, 2.05) is 6.92 Å². The summed E-state index contributed by atoms with van der Waals surface area (Å²) in [6.07, 6.45) is 5.89. The highest BCUT2D eigenvalue weighted by molar-refractivity contribution is 7.89. The first-order valence-electron chi connectivity index (χ1n) is 6.30. The molecule has 1 atom stereocenters. The quantitative estimate of drug-likeness (QED) is 0.495. The monoisotopic (exact) mass is 261 g/mol. The van der Waals surface area contributed by atoms with Gasteiger partial charge in [0, 0.05) is 0 Å². The molecule has 1 aliphatic carbocycles. The standard InChI is InChI=1S/C11H23N3O2S/c1-2-8-17(15,16)14-10(11(12)13)9-6-4-3-5-7-9/h9-10,14H,2-8H2,1H3,(H3,12,13). The van der Waals surface area contributed by atoms with Crippen LogP contribution < -0.4 is 10.5 Å². The summed E-state index contributed by atoms with van der Waals surface area (Å²) >= 11 is 0. The lowest BCUT2D eigenvalue weighted by atomic mass is 9.84. The summed E-state index contributed by atoms with van der Waals surface area (Å²) in [6.45, 7) is 1.82. The second-order valence-electron chi connectivity index (χ2n) is 4.77. The first-order chi connectivity index (χ1) is 7.96. The van der Waals surface area contributed by atoms with Crippen molar-refractivity contribution < 1.29 is 8.42 Å². The minimum Gasteiger partial charge on any atom is -0.386 e. The van der Waals surface area contributed by atoms with Gasteiger partial charge in [-0.3, -0.25) is 5.41 Å². The van der Waals surface area contributed by atoms with Crippen molar-refractivity contribution in [1.29, 1.82) is 5.41 Å². The third-order valence-corrected chi connectivity index (χ3v) is 4.79. The molecule has 4 N–H and O–H groups in total. The Morgan fingerprint density at radius 1 is 1.41 bits per heavy atom. The maximum Gasteiger partial charge on any atom is 0.212 e. The average molecular weight is 261 g/mol. The number of rotatable bonds is 6. The first kappa shape index (κ1) is 14.4. The van der Waals surface area contributed by atoms with Crippen LogP contribution in [0.2, 0.25) is 0 Å². The molecule has 0 bridgehead atoms. The molecule has 1 saturated carbocycles. The molecule has 17 heavy (non-hydrogen) atoms. The predicted molar refractivity (Wildman–Crippen MR) is 69.5 cm³/mol. The third-order valence-electron chi connectivity index (χ3n) is 3.24. The van der Waals surface area contributed by atoms with Crippen molar-refractivity contribution in [2.45, 2.75) is 51.5 Å². The van der Waals surface area contributed by atoms with E-state index in [4.69, 9.17) is 11.1 Å². The van der Waals surface area contributed by atoms with Crippen LogP contribution in [0.25, 0.3) is 0 Å². The SMILES string of the molecule is CCCS(=O)(=O)NC(C(=N)N)C1CCCCC1. The van der Waals surface area contributed by atoms with Gasteiger partial charge in [-0.05, 0) is 25.2 Å². The summed E-state index contributed by atoms with van der Waals surface area (Å²) in [7, 11) is -3.30. The number of amidine groups is 1. The Hall–Kier alpha value is -0.620. The molecule has 1 unspecified atom stereocenters. The molecule has 1 aliphatic rings. The topological polar surface area (TPSA) is 96.0 Å². The van der Waals surface area contributed by atoms with Gasteiger partial charge in [-0.25, -0.2) is 13.1 Å². The fourth-order valence-electron chi connectivity index (χ4n) is 2.40. The molecule has 0 aromatic rings. The van der Waals surface area contributed by atoms with Crippen molar-refractivity contribution in [3.8, 4) is 0 Å². The Balaban J connectivity index is 2.69. The Labute approximate surface area is 104 Å². The predicted octanol–water partition coefficient (Wildman–Crippen LogP) is 1.20. The van der Waals surface area contributed by atoms with Crippen LogP contribution in [0.15, 0.2) is 0 Å². The van der Waals surface area contributed by atoms with Crippen LogP contribution in [0, 0.1) is 11.3 Å². The molecule has 1 rings (SSSR count). The van der Waals surface area contributed by atoms with Crippen molar-refractivity contribution in [3.05, 3.63) is 0 Å². The molecule has 100 valence electrons. The fourth-order valence-corrected chi connectivity index (χ4v) is 3.76. The van der Waals surface area contributed by atoms with Crippen molar-refractivity contribution >= 4 is 15.9 Å². The van der Waals surface area contributed by atoms with Gasteiger partial charge in [-0.2, -0.15) is 0 Å². The largest absolute Gasteiger partial charge is 0.386 e. The zero-order valence-corrected chi connectivity index (χ0v) is 11.2. The van der Waals surface area contributed by atoms with Crippen LogP contribution in [0.3, 0.4) is 0 Å². The van der Waals surface area contributed by atoms with Gasteiger partial charge in [0.1, 0.15) is 5.84 Å². The second-order valence-corrected chi connectivity index (χ2v) is 6.64. The van der Waals surface area contributed by atoms with Crippen LogP contribution in [0.4, 0.5) is 0 Å². The summed E-state index contributed by atoms with van der Waals surface area (Å²) in [4.78, 5) is 0. The minimum absolute atomic E-state index is 0.0587. The number of nitrogens with two attached hydrogens (primary N) is 1. The van der Waals surface area contributed by atoms with E-state index in [9.17, 15) is 8.42 Å². The fraction of sp³-hybridized carbons (Fsp3) is 0.909. The molecule has 6 heteroatoms. The van der Waals surface area contributed by atoms with E-state index in [-0.39, 0.29) is 17.5 Å². The lowest BCUT2D eigenvalue weighted by Gasteiger charge is -2.29. The normalized spacial score (nSPS) is 20.1. The van der Waals surface area contributed by atoms with Gasteiger partial charge in [0.15, 0.2) is 0 Å². The molecule has 1 fully saturated rings. The van der Waals surface area contributed by atoms with Gasteiger partial charge in [0.2, 0.25) is 10.0 Å². The van der Waals surface area contributed by atoms with Crippen LogP contribution in [-0.4, -0.2) is 26.0 Å². The number of sulfonamides is 1. The molecule has 0 aliphatic heterocycles. The molecule has 0 aromatic carbocycles. The highest BCUT2D eigenvalue weighted by Gasteiger charge is 2.29. The highest BCUT2D eigenvalue weighted by Crippen LogP contribution is 2.26. The molecule has 0 saturated heterocycles. The summed E-state index contributed by atoms with van der Waals surface area (Å²) in [6, 6.07) is -0.508. The maximum absolute atomic E-state index is 11.7. The van der Waals surface area contributed by atoms with E-state index in [1.54, 1.807) is 0 Å². The molecule has 0 heterocycles. The Kier molecular flexibility index (Phi) is 5.39. The summed E-state index contributed by atoms with van der Waals surface area (Å²) in [5, 5.41) is 7.55. The maximum atomic E-state index is 11.7. The van der Waals surface area contributed by atoms with E-state index in [0.717, 1.165) is 25.7 Å². The minimum atomic E-state index is -3.30. The first-order valence-corrected chi connectivity index (χ1v) is 7.95. The second kappa shape index (κ2) is 6.35. The number of hydrogen-bond donors (Lipinski definition) is 3. The van der Waals surface area contributed by atoms with E-state index >= 15 is 0 Å². The molecule has 0 spiro atoms. The van der Waals surface area contributed by atoms with Crippen molar-refractivity contribution in [2.75, 3.05) is 5.75 Å². The van der Waals surface area contributed by atoms with Crippen LogP contribution in [0.5, 0.6) is 0 Å². The molecular formula is C11H23N3O2S. The summed E-state index contributed by atoms with van der Waals surface area (Å²) in [5.41, 5.74) is 5.53. The summed E-state index contributed by atoms with van der Waals surface area (Å²) < 4.78 is 26.0. The number of nitrogens with one attached hydrogen (secondary N) is 2. The lowest BCUT2D eigenvalue weighted by Crippen LogP contribution is -2.49. The van der Waals surface area contributed by atoms with Gasteiger partial charge in [-0.1, -0.05) is 26.2 Å². The van der Waals surface area contributed by atoms with E-state index in [2.05, 4.69) is 4.72 Å². The average Bonchev–Trinajstić information content (AvgIpc) is 2.27. The van der Waals surface area contributed by atoms with Crippen LogP contribution in [-0.2, 0) is 10.0 Å². The van der Waals surface area contributed by atoms with Crippen molar-refractivity contribution in [3.63, 3.8) is 0 Å². The zero-order chi connectivity index (χ0) is 12.9. The van der Waals surface area contributed by atoms with Crippen molar-refractivity contribution in [2.24, 2.45) is 11.7 Å².